The number of fused-ring (bicyclic) bond motifs is 1. The van der Waals surface area contributed by atoms with Gasteiger partial charge in [-0.05, 0) is 31.7 Å². The number of aromatic hydroxyl groups is 1. The largest absolute Gasteiger partial charge is 0.504 e. The molecule has 94 valence electrons. The van der Waals surface area contributed by atoms with Crippen molar-refractivity contribution in [1.82, 2.24) is 9.97 Å². The predicted molar refractivity (Wildman–Crippen MR) is 66.9 cm³/mol. The van der Waals surface area contributed by atoms with Gasteiger partial charge in [0, 0.05) is 6.07 Å². The highest BCUT2D eigenvalue weighted by atomic mass is 16.5. The van der Waals surface area contributed by atoms with Gasteiger partial charge in [-0.15, -0.1) is 0 Å². The molecule has 1 aliphatic carbocycles. The fraction of sp³-hybridized carbons (Fsp3) is 0.385. The molecule has 0 amide bonds. The van der Waals surface area contributed by atoms with E-state index in [0.717, 1.165) is 25.7 Å². The normalized spacial score (nSPS) is 16.2. The third-order valence-electron chi connectivity index (χ3n) is 3.32. The quantitative estimate of drug-likeness (QED) is 0.849. The van der Waals surface area contributed by atoms with Crippen molar-refractivity contribution in [3.63, 3.8) is 0 Å². The molecular weight excluding hydrogens is 232 g/mol. The summed E-state index contributed by atoms with van der Waals surface area (Å²) in [6.07, 6.45) is 5.77. The number of hydrogen-bond donors (Lipinski definition) is 2. The van der Waals surface area contributed by atoms with Gasteiger partial charge in [0.15, 0.2) is 11.5 Å². The number of aromatic nitrogens is 2. The smallest absolute Gasteiger partial charge is 0.258 e. The summed E-state index contributed by atoms with van der Waals surface area (Å²) in [7, 11) is 0. The van der Waals surface area contributed by atoms with Gasteiger partial charge in [-0.1, -0.05) is 0 Å². The summed E-state index contributed by atoms with van der Waals surface area (Å²) in [5.74, 6) is 0.403. The molecule has 0 aliphatic heterocycles. The van der Waals surface area contributed by atoms with Crippen LogP contribution in [0.1, 0.15) is 25.7 Å². The number of rotatable bonds is 2. The minimum absolute atomic E-state index is 0.0347. The van der Waals surface area contributed by atoms with E-state index >= 15 is 0 Å². The molecule has 0 unspecified atom stereocenters. The molecule has 1 saturated carbocycles. The average Bonchev–Trinajstić information content (AvgIpc) is 2.84. The Morgan fingerprint density at radius 2 is 2.11 bits per heavy atom. The van der Waals surface area contributed by atoms with Crippen LogP contribution in [0.3, 0.4) is 0 Å². The lowest BCUT2D eigenvalue weighted by Gasteiger charge is -2.14. The molecule has 1 aromatic carbocycles. The summed E-state index contributed by atoms with van der Waals surface area (Å²) in [6, 6.07) is 3.03. The summed E-state index contributed by atoms with van der Waals surface area (Å²) < 4.78 is 5.74. The van der Waals surface area contributed by atoms with Crippen LogP contribution in [-0.4, -0.2) is 21.2 Å². The first kappa shape index (κ1) is 11.1. The molecule has 5 heteroatoms. The van der Waals surface area contributed by atoms with Crippen LogP contribution in [-0.2, 0) is 0 Å². The standard InChI is InChI=1S/C13H14N2O3/c16-11-6-10-9(13(17)15-7-14-10)5-12(11)18-8-3-1-2-4-8/h5-8,16H,1-4H2,(H,14,15,17). The van der Waals surface area contributed by atoms with Gasteiger partial charge in [-0.3, -0.25) is 4.79 Å². The molecule has 2 N–H and O–H groups in total. The van der Waals surface area contributed by atoms with Crippen molar-refractivity contribution < 1.29 is 9.84 Å². The van der Waals surface area contributed by atoms with Crippen molar-refractivity contribution in [2.45, 2.75) is 31.8 Å². The maximum absolute atomic E-state index is 11.6. The SMILES string of the molecule is O=c1[nH]cnc2cc(O)c(OC3CCCC3)cc12. The molecule has 0 saturated heterocycles. The number of hydrogen-bond acceptors (Lipinski definition) is 4. The summed E-state index contributed by atoms with van der Waals surface area (Å²) in [6.45, 7) is 0. The molecule has 18 heavy (non-hydrogen) atoms. The highest BCUT2D eigenvalue weighted by Crippen LogP contribution is 2.32. The molecule has 5 nitrogen and oxygen atoms in total. The lowest BCUT2D eigenvalue weighted by molar-refractivity contribution is 0.202. The zero-order chi connectivity index (χ0) is 12.5. The summed E-state index contributed by atoms with van der Waals surface area (Å²) >= 11 is 0. The van der Waals surface area contributed by atoms with Gasteiger partial charge in [0.25, 0.3) is 5.56 Å². The molecule has 1 aliphatic rings. The molecule has 1 fully saturated rings. The van der Waals surface area contributed by atoms with Crippen LogP contribution in [0, 0.1) is 0 Å². The number of ether oxygens (including phenoxy) is 1. The Bertz CT molecular complexity index is 630. The Morgan fingerprint density at radius 3 is 2.89 bits per heavy atom. The van der Waals surface area contributed by atoms with E-state index in [1.807, 2.05) is 0 Å². The molecule has 0 radical (unpaired) electrons. The van der Waals surface area contributed by atoms with E-state index in [1.54, 1.807) is 6.07 Å². The van der Waals surface area contributed by atoms with Crippen LogP contribution in [0.4, 0.5) is 0 Å². The summed E-state index contributed by atoms with van der Waals surface area (Å²) in [5.41, 5.74) is 0.242. The van der Waals surface area contributed by atoms with Gasteiger partial charge in [0.05, 0.1) is 23.3 Å². The molecule has 2 aromatic rings. The molecule has 1 aromatic heterocycles. The lowest BCUT2D eigenvalue weighted by atomic mass is 10.2. The maximum Gasteiger partial charge on any atom is 0.258 e. The second-order valence-electron chi connectivity index (χ2n) is 4.59. The highest BCUT2D eigenvalue weighted by molar-refractivity contribution is 5.81. The van der Waals surface area contributed by atoms with Crippen LogP contribution in [0.2, 0.25) is 0 Å². The summed E-state index contributed by atoms with van der Waals surface area (Å²) in [5, 5.41) is 10.3. The highest BCUT2D eigenvalue weighted by Gasteiger charge is 2.18. The molecule has 3 rings (SSSR count). The van der Waals surface area contributed by atoms with E-state index in [2.05, 4.69) is 9.97 Å². The average molecular weight is 246 g/mol. The van der Waals surface area contributed by atoms with Crippen LogP contribution < -0.4 is 10.3 Å². The van der Waals surface area contributed by atoms with Crippen molar-refractivity contribution in [3.05, 3.63) is 28.8 Å². The Hall–Kier alpha value is -2.04. The Labute approximate surface area is 103 Å². The summed E-state index contributed by atoms with van der Waals surface area (Å²) in [4.78, 5) is 18.2. The Morgan fingerprint density at radius 1 is 1.33 bits per heavy atom. The van der Waals surface area contributed by atoms with Gasteiger partial charge < -0.3 is 14.8 Å². The molecular formula is C13H14N2O3. The van der Waals surface area contributed by atoms with Crippen molar-refractivity contribution in [2.75, 3.05) is 0 Å². The van der Waals surface area contributed by atoms with E-state index in [-0.39, 0.29) is 17.4 Å². The van der Waals surface area contributed by atoms with E-state index < -0.39 is 0 Å². The zero-order valence-electron chi connectivity index (χ0n) is 9.85. The molecule has 0 spiro atoms. The first-order valence-electron chi connectivity index (χ1n) is 6.11. The fourth-order valence-electron chi connectivity index (χ4n) is 2.36. The van der Waals surface area contributed by atoms with Crippen LogP contribution in [0.25, 0.3) is 10.9 Å². The zero-order valence-corrected chi connectivity index (χ0v) is 9.85. The predicted octanol–water partition coefficient (Wildman–Crippen LogP) is 1.95. The van der Waals surface area contributed by atoms with Gasteiger partial charge >= 0.3 is 0 Å². The van der Waals surface area contributed by atoms with E-state index in [0.29, 0.717) is 16.7 Å². The monoisotopic (exact) mass is 246 g/mol. The second-order valence-corrected chi connectivity index (χ2v) is 4.59. The van der Waals surface area contributed by atoms with Crippen LogP contribution in [0.5, 0.6) is 11.5 Å². The van der Waals surface area contributed by atoms with Gasteiger partial charge in [0.2, 0.25) is 0 Å². The number of nitrogens with zero attached hydrogens (tertiary/aromatic N) is 1. The van der Waals surface area contributed by atoms with Crippen molar-refractivity contribution >= 4 is 10.9 Å². The third-order valence-corrected chi connectivity index (χ3v) is 3.32. The number of nitrogens with one attached hydrogen (secondary N) is 1. The first-order chi connectivity index (χ1) is 8.74. The number of benzene rings is 1. The topological polar surface area (TPSA) is 75.2 Å². The van der Waals surface area contributed by atoms with Crippen molar-refractivity contribution in [3.8, 4) is 11.5 Å². The van der Waals surface area contributed by atoms with Crippen molar-refractivity contribution in [1.29, 1.82) is 0 Å². The maximum atomic E-state index is 11.6. The Balaban J connectivity index is 2.03. The Kier molecular flexibility index (Phi) is 2.66. The lowest BCUT2D eigenvalue weighted by Crippen LogP contribution is -2.12. The molecule has 0 bridgehead atoms. The van der Waals surface area contributed by atoms with Crippen molar-refractivity contribution in [2.24, 2.45) is 0 Å². The van der Waals surface area contributed by atoms with E-state index in [9.17, 15) is 9.90 Å². The second kappa shape index (κ2) is 4.33. The number of phenols is 1. The van der Waals surface area contributed by atoms with Crippen LogP contribution >= 0.6 is 0 Å². The third kappa shape index (κ3) is 1.92. The molecule has 0 atom stereocenters. The number of H-pyrrole nitrogens is 1. The first-order valence-corrected chi connectivity index (χ1v) is 6.11. The van der Waals surface area contributed by atoms with Gasteiger partial charge in [-0.25, -0.2) is 4.98 Å². The molecule has 1 heterocycles. The van der Waals surface area contributed by atoms with Gasteiger partial charge in [0.1, 0.15) is 0 Å². The minimum atomic E-state index is -0.226. The van der Waals surface area contributed by atoms with E-state index in [1.165, 1.54) is 12.4 Å². The number of aromatic amines is 1. The van der Waals surface area contributed by atoms with Crippen LogP contribution in [0.15, 0.2) is 23.3 Å². The fourth-order valence-corrected chi connectivity index (χ4v) is 2.36. The van der Waals surface area contributed by atoms with E-state index in [4.69, 9.17) is 4.74 Å². The van der Waals surface area contributed by atoms with Gasteiger partial charge in [-0.2, -0.15) is 0 Å². The number of phenolic OH excluding ortho intramolecular Hbond substituents is 1. The minimum Gasteiger partial charge on any atom is -0.504 e.